The monoisotopic (exact) mass is 317 g/mol. The van der Waals surface area contributed by atoms with Crippen LogP contribution < -0.4 is 0 Å². The normalized spacial score (nSPS) is 11.3. The Morgan fingerprint density at radius 2 is 2.00 bits per heavy atom. The van der Waals surface area contributed by atoms with Crippen LogP contribution in [-0.4, -0.2) is 16.0 Å². The van der Waals surface area contributed by atoms with E-state index in [9.17, 15) is 20.0 Å². The molecule has 0 atom stereocenters. The second kappa shape index (κ2) is 6.41. The van der Waals surface area contributed by atoms with Gasteiger partial charge in [0.25, 0.3) is 5.69 Å². The van der Waals surface area contributed by atoms with Crippen molar-refractivity contribution in [2.45, 2.75) is 6.92 Å². The van der Waals surface area contributed by atoms with Gasteiger partial charge < -0.3 is 5.11 Å². The first-order chi connectivity index (χ1) is 10.4. The first-order valence-corrected chi connectivity index (χ1v) is 6.72. The van der Waals surface area contributed by atoms with Gasteiger partial charge in [-0.05, 0) is 35.8 Å². The number of nitrogens with zero attached hydrogens (tertiary/aromatic N) is 1. The maximum Gasteiger partial charge on any atom is 0.336 e. The molecule has 2 aromatic rings. The van der Waals surface area contributed by atoms with Crippen molar-refractivity contribution in [3.63, 3.8) is 0 Å². The number of aliphatic carboxylic acids is 1. The lowest BCUT2D eigenvalue weighted by Crippen LogP contribution is -2.00. The quantitative estimate of drug-likeness (QED) is 0.397. The highest BCUT2D eigenvalue weighted by Crippen LogP contribution is 2.25. The van der Waals surface area contributed by atoms with Crippen LogP contribution >= 0.6 is 11.6 Å². The lowest BCUT2D eigenvalue weighted by atomic mass is 10.0. The maximum absolute atomic E-state index is 11.5. The molecule has 0 saturated heterocycles. The molecule has 0 saturated carbocycles. The zero-order chi connectivity index (χ0) is 16.3. The fraction of sp³-hybridized carbons (Fsp3) is 0.0625. The number of rotatable bonds is 4. The summed E-state index contributed by atoms with van der Waals surface area (Å²) in [6.45, 7) is 1.82. The topological polar surface area (TPSA) is 80.4 Å². The predicted molar refractivity (Wildman–Crippen MR) is 84.8 cm³/mol. The number of nitro benzene ring substituents is 1. The fourth-order valence-corrected chi connectivity index (χ4v) is 2.10. The molecular weight excluding hydrogens is 306 g/mol. The van der Waals surface area contributed by atoms with Crippen molar-refractivity contribution in [3.8, 4) is 0 Å². The summed E-state index contributed by atoms with van der Waals surface area (Å²) in [5.41, 5.74) is 1.63. The molecule has 5 nitrogen and oxygen atoms in total. The Morgan fingerprint density at radius 3 is 2.59 bits per heavy atom. The molecular formula is C16H12ClNO4. The van der Waals surface area contributed by atoms with E-state index >= 15 is 0 Å². The molecule has 0 spiro atoms. The van der Waals surface area contributed by atoms with Crippen molar-refractivity contribution in [1.82, 2.24) is 0 Å². The number of halogens is 1. The van der Waals surface area contributed by atoms with Gasteiger partial charge in [0.05, 0.1) is 10.5 Å². The predicted octanol–water partition coefficient (Wildman–Crippen LogP) is 4.18. The first-order valence-electron chi connectivity index (χ1n) is 6.34. The Labute approximate surface area is 131 Å². The molecule has 2 aromatic carbocycles. The number of hydrogen-bond donors (Lipinski definition) is 1. The second-order valence-electron chi connectivity index (χ2n) is 4.68. The number of carbonyl (C=O) groups is 1. The largest absolute Gasteiger partial charge is 0.478 e. The first kappa shape index (κ1) is 15.7. The Kier molecular flexibility index (Phi) is 4.58. The molecule has 0 unspecified atom stereocenters. The van der Waals surface area contributed by atoms with Crippen LogP contribution in [0.15, 0.2) is 42.5 Å². The highest BCUT2D eigenvalue weighted by Gasteiger charge is 2.13. The average molecular weight is 318 g/mol. The van der Waals surface area contributed by atoms with E-state index in [2.05, 4.69) is 0 Å². The molecule has 0 aliphatic heterocycles. The van der Waals surface area contributed by atoms with Crippen LogP contribution in [0.5, 0.6) is 0 Å². The molecule has 0 bridgehead atoms. The molecule has 112 valence electrons. The van der Waals surface area contributed by atoms with Crippen LogP contribution in [-0.2, 0) is 4.79 Å². The Morgan fingerprint density at radius 1 is 1.27 bits per heavy atom. The number of hydrogen-bond acceptors (Lipinski definition) is 3. The van der Waals surface area contributed by atoms with Crippen molar-refractivity contribution in [1.29, 1.82) is 0 Å². The molecule has 0 amide bonds. The minimum Gasteiger partial charge on any atom is -0.478 e. The molecule has 0 fully saturated rings. The standard InChI is InChI=1S/C16H12ClNO4/c1-10-5-6-12(9-15(10)17)14(16(19)20)8-11-3-2-4-13(7-11)18(21)22/h2-9H,1H3,(H,19,20)/b14-8-. The Bertz CT molecular complexity index is 783. The molecule has 0 aromatic heterocycles. The van der Waals surface area contributed by atoms with E-state index in [0.29, 0.717) is 16.1 Å². The van der Waals surface area contributed by atoms with Gasteiger partial charge in [0.15, 0.2) is 0 Å². The summed E-state index contributed by atoms with van der Waals surface area (Å²) in [7, 11) is 0. The van der Waals surface area contributed by atoms with Crippen LogP contribution in [0.1, 0.15) is 16.7 Å². The SMILES string of the molecule is Cc1ccc(/C(=C/c2cccc([N+](=O)[O-])c2)C(=O)O)cc1Cl. The van der Waals surface area contributed by atoms with Gasteiger partial charge in [0.2, 0.25) is 0 Å². The minimum absolute atomic E-state index is 0.0161. The van der Waals surface area contributed by atoms with Crippen LogP contribution in [0.4, 0.5) is 5.69 Å². The second-order valence-corrected chi connectivity index (χ2v) is 5.09. The highest BCUT2D eigenvalue weighted by atomic mass is 35.5. The van der Waals surface area contributed by atoms with Crippen molar-refractivity contribution < 1.29 is 14.8 Å². The summed E-state index contributed by atoms with van der Waals surface area (Å²) >= 11 is 6.02. The molecule has 0 aliphatic rings. The summed E-state index contributed by atoms with van der Waals surface area (Å²) in [6.07, 6.45) is 1.39. The molecule has 6 heteroatoms. The number of carboxylic acid groups (broad SMARTS) is 1. The smallest absolute Gasteiger partial charge is 0.336 e. The van der Waals surface area contributed by atoms with Crippen molar-refractivity contribution >= 4 is 34.9 Å². The average Bonchev–Trinajstić information content (AvgIpc) is 2.48. The minimum atomic E-state index is -1.13. The van der Waals surface area contributed by atoms with Crippen molar-refractivity contribution in [3.05, 3.63) is 74.3 Å². The molecule has 0 aliphatic carbocycles. The summed E-state index contributed by atoms with van der Waals surface area (Å²) in [5, 5.41) is 20.6. The maximum atomic E-state index is 11.5. The van der Waals surface area contributed by atoms with Gasteiger partial charge in [-0.2, -0.15) is 0 Å². The molecule has 22 heavy (non-hydrogen) atoms. The lowest BCUT2D eigenvalue weighted by molar-refractivity contribution is -0.384. The fourth-order valence-electron chi connectivity index (χ4n) is 1.92. The van der Waals surface area contributed by atoms with Crippen molar-refractivity contribution in [2.75, 3.05) is 0 Å². The summed E-state index contributed by atoms with van der Waals surface area (Å²) in [6, 6.07) is 10.7. The van der Waals surface area contributed by atoms with Gasteiger partial charge in [-0.1, -0.05) is 35.9 Å². The third-order valence-corrected chi connectivity index (χ3v) is 3.51. The Balaban J connectivity index is 2.52. The molecule has 0 heterocycles. The summed E-state index contributed by atoms with van der Waals surface area (Å²) in [4.78, 5) is 21.7. The third-order valence-electron chi connectivity index (χ3n) is 3.11. The number of non-ortho nitro benzene ring substituents is 1. The third kappa shape index (κ3) is 3.51. The van der Waals surface area contributed by atoms with Crippen LogP contribution in [0.2, 0.25) is 5.02 Å². The highest BCUT2D eigenvalue weighted by molar-refractivity contribution is 6.32. The van der Waals surface area contributed by atoms with E-state index in [1.54, 1.807) is 24.3 Å². The van der Waals surface area contributed by atoms with Gasteiger partial charge in [0.1, 0.15) is 0 Å². The van der Waals surface area contributed by atoms with E-state index in [1.165, 1.54) is 24.3 Å². The van der Waals surface area contributed by atoms with Crippen LogP contribution in [0.25, 0.3) is 11.6 Å². The van der Waals surface area contributed by atoms with E-state index in [4.69, 9.17) is 11.6 Å². The van der Waals surface area contributed by atoms with Crippen LogP contribution in [0.3, 0.4) is 0 Å². The van der Waals surface area contributed by atoms with Crippen LogP contribution in [0, 0.1) is 17.0 Å². The van der Waals surface area contributed by atoms with Gasteiger partial charge in [-0.25, -0.2) is 4.79 Å². The molecule has 0 radical (unpaired) electrons. The summed E-state index contributed by atoms with van der Waals surface area (Å²) < 4.78 is 0. The Hall–Kier alpha value is -2.66. The van der Waals surface area contributed by atoms with E-state index < -0.39 is 10.9 Å². The summed E-state index contributed by atoms with van der Waals surface area (Å²) in [5.74, 6) is -1.13. The number of nitro groups is 1. The van der Waals surface area contributed by atoms with Gasteiger partial charge in [0, 0.05) is 17.2 Å². The molecule has 2 rings (SSSR count). The number of benzene rings is 2. The number of aryl methyl sites for hydroxylation is 1. The number of carboxylic acids is 1. The van der Waals surface area contributed by atoms with E-state index in [0.717, 1.165) is 5.56 Å². The van der Waals surface area contributed by atoms with Gasteiger partial charge in [-0.3, -0.25) is 10.1 Å². The molecule has 1 N–H and O–H groups in total. The van der Waals surface area contributed by atoms with Crippen molar-refractivity contribution in [2.24, 2.45) is 0 Å². The zero-order valence-corrected chi connectivity index (χ0v) is 12.4. The van der Waals surface area contributed by atoms with Gasteiger partial charge >= 0.3 is 5.97 Å². The van der Waals surface area contributed by atoms with E-state index in [1.807, 2.05) is 6.92 Å². The lowest BCUT2D eigenvalue weighted by Gasteiger charge is -2.06. The van der Waals surface area contributed by atoms with E-state index in [-0.39, 0.29) is 11.3 Å². The zero-order valence-electron chi connectivity index (χ0n) is 11.6. The van der Waals surface area contributed by atoms with Gasteiger partial charge in [-0.15, -0.1) is 0 Å².